The van der Waals surface area contributed by atoms with Gasteiger partial charge in [0.05, 0.1) is 0 Å². The zero-order chi connectivity index (χ0) is 13.0. The van der Waals surface area contributed by atoms with Crippen molar-refractivity contribution in [3.05, 3.63) is 34.6 Å². The first-order valence-corrected chi connectivity index (χ1v) is 7.95. The summed E-state index contributed by atoms with van der Waals surface area (Å²) in [6.45, 7) is 1.61. The zero-order valence-electron chi connectivity index (χ0n) is 10.6. The van der Waals surface area contributed by atoms with Gasteiger partial charge >= 0.3 is 0 Å². The summed E-state index contributed by atoms with van der Waals surface area (Å²) in [5.41, 5.74) is 0.839. The fourth-order valence-corrected chi connectivity index (χ4v) is 3.70. The molecule has 0 atom stereocenters. The number of rotatable bonds is 5. The SMILES string of the molecule is CSC1(CNCc2cc(F)ccc2Cl)CCCC1. The van der Waals surface area contributed by atoms with Crippen molar-refractivity contribution in [2.75, 3.05) is 12.8 Å². The first-order valence-electron chi connectivity index (χ1n) is 6.35. The molecule has 0 amide bonds. The van der Waals surface area contributed by atoms with E-state index in [0.717, 1.165) is 12.1 Å². The fraction of sp³-hybridized carbons (Fsp3) is 0.571. The second-order valence-corrected chi connectivity index (χ2v) is 6.62. The molecule has 0 spiro atoms. The summed E-state index contributed by atoms with van der Waals surface area (Å²) in [5, 5.41) is 4.06. The molecule has 1 aromatic carbocycles. The van der Waals surface area contributed by atoms with Crippen LogP contribution in [-0.2, 0) is 6.54 Å². The summed E-state index contributed by atoms with van der Waals surface area (Å²) in [6, 6.07) is 4.52. The predicted molar refractivity (Wildman–Crippen MR) is 77.8 cm³/mol. The maximum atomic E-state index is 13.1. The van der Waals surface area contributed by atoms with Gasteiger partial charge in [0, 0.05) is 22.9 Å². The Morgan fingerprint density at radius 3 is 2.78 bits per heavy atom. The third kappa shape index (κ3) is 3.40. The topological polar surface area (TPSA) is 12.0 Å². The van der Waals surface area contributed by atoms with Gasteiger partial charge in [-0.1, -0.05) is 24.4 Å². The third-order valence-electron chi connectivity index (χ3n) is 3.72. The molecule has 0 bridgehead atoms. The van der Waals surface area contributed by atoms with Crippen LogP contribution in [0.3, 0.4) is 0 Å². The van der Waals surface area contributed by atoms with Crippen molar-refractivity contribution < 1.29 is 4.39 Å². The van der Waals surface area contributed by atoms with Crippen LogP contribution in [0.5, 0.6) is 0 Å². The molecule has 1 fully saturated rings. The predicted octanol–water partition coefficient (Wildman–Crippen LogP) is 4.24. The highest BCUT2D eigenvalue weighted by molar-refractivity contribution is 8.00. The molecular formula is C14H19ClFNS. The minimum Gasteiger partial charge on any atom is -0.311 e. The number of thioether (sulfide) groups is 1. The van der Waals surface area contributed by atoms with Crippen LogP contribution in [0.1, 0.15) is 31.2 Å². The van der Waals surface area contributed by atoms with E-state index >= 15 is 0 Å². The summed E-state index contributed by atoms with van der Waals surface area (Å²) in [4.78, 5) is 0. The summed E-state index contributed by atoms with van der Waals surface area (Å²) >= 11 is 8.00. The van der Waals surface area contributed by atoms with Crippen molar-refractivity contribution in [1.29, 1.82) is 0 Å². The van der Waals surface area contributed by atoms with Crippen LogP contribution < -0.4 is 5.32 Å². The highest BCUT2D eigenvalue weighted by Crippen LogP contribution is 2.39. The molecule has 1 N–H and O–H groups in total. The van der Waals surface area contributed by atoms with E-state index in [4.69, 9.17) is 11.6 Å². The van der Waals surface area contributed by atoms with Crippen molar-refractivity contribution in [3.8, 4) is 0 Å². The molecule has 1 aliphatic carbocycles. The number of halogens is 2. The molecule has 18 heavy (non-hydrogen) atoms. The lowest BCUT2D eigenvalue weighted by Crippen LogP contribution is -2.34. The van der Waals surface area contributed by atoms with E-state index in [1.807, 2.05) is 11.8 Å². The standard InChI is InChI=1S/C14H19ClFNS/c1-18-14(6-2-3-7-14)10-17-9-11-8-12(16)4-5-13(11)15/h4-5,8,17H,2-3,6-7,9-10H2,1H3. The van der Waals surface area contributed by atoms with Crippen LogP contribution in [0.25, 0.3) is 0 Å². The fourth-order valence-electron chi connectivity index (χ4n) is 2.58. The van der Waals surface area contributed by atoms with Gasteiger partial charge in [0.1, 0.15) is 5.82 Å². The molecule has 0 aromatic heterocycles. The van der Waals surface area contributed by atoms with Gasteiger partial charge in [-0.2, -0.15) is 11.8 Å². The minimum absolute atomic E-state index is 0.225. The Bertz CT molecular complexity index is 405. The van der Waals surface area contributed by atoms with E-state index < -0.39 is 0 Å². The molecule has 1 aromatic rings. The molecule has 2 rings (SSSR count). The Labute approximate surface area is 117 Å². The van der Waals surface area contributed by atoms with Crippen molar-refractivity contribution >= 4 is 23.4 Å². The van der Waals surface area contributed by atoms with Crippen LogP contribution in [0.2, 0.25) is 5.02 Å². The lowest BCUT2D eigenvalue weighted by atomic mass is 10.1. The highest BCUT2D eigenvalue weighted by Gasteiger charge is 2.32. The van der Waals surface area contributed by atoms with E-state index in [2.05, 4.69) is 11.6 Å². The molecule has 0 aliphatic heterocycles. The molecule has 0 saturated heterocycles. The van der Waals surface area contributed by atoms with Gasteiger partial charge in [-0.05, 0) is 42.9 Å². The normalized spacial score (nSPS) is 18.2. The first-order chi connectivity index (χ1) is 8.65. The van der Waals surface area contributed by atoms with Crippen LogP contribution in [0.4, 0.5) is 4.39 Å². The largest absolute Gasteiger partial charge is 0.311 e. The van der Waals surface area contributed by atoms with E-state index in [1.165, 1.54) is 37.8 Å². The molecule has 0 radical (unpaired) electrons. The van der Waals surface area contributed by atoms with Gasteiger partial charge in [0.2, 0.25) is 0 Å². The average Bonchev–Trinajstić information content (AvgIpc) is 2.83. The summed E-state index contributed by atoms with van der Waals surface area (Å²) in [5.74, 6) is -0.225. The smallest absolute Gasteiger partial charge is 0.123 e. The molecule has 1 nitrogen and oxygen atoms in total. The molecule has 0 unspecified atom stereocenters. The van der Waals surface area contributed by atoms with Gasteiger partial charge in [0.15, 0.2) is 0 Å². The van der Waals surface area contributed by atoms with Gasteiger partial charge in [-0.25, -0.2) is 4.39 Å². The van der Waals surface area contributed by atoms with E-state index in [0.29, 0.717) is 16.3 Å². The molecule has 4 heteroatoms. The Hall–Kier alpha value is -0.250. The summed E-state index contributed by atoms with van der Waals surface area (Å²) in [7, 11) is 0. The Kier molecular flexibility index (Phi) is 4.93. The number of nitrogens with one attached hydrogen (secondary N) is 1. The minimum atomic E-state index is -0.225. The Morgan fingerprint density at radius 2 is 2.11 bits per heavy atom. The van der Waals surface area contributed by atoms with Crippen LogP contribution in [-0.4, -0.2) is 17.5 Å². The van der Waals surface area contributed by atoms with Crippen LogP contribution in [0.15, 0.2) is 18.2 Å². The lowest BCUT2D eigenvalue weighted by molar-refractivity contribution is 0.532. The number of hydrogen-bond donors (Lipinski definition) is 1. The van der Waals surface area contributed by atoms with Gasteiger partial charge < -0.3 is 5.32 Å². The van der Waals surface area contributed by atoms with Gasteiger partial charge in [-0.3, -0.25) is 0 Å². The first kappa shape index (κ1) is 14.2. The summed E-state index contributed by atoms with van der Waals surface area (Å²) < 4.78 is 13.5. The lowest BCUT2D eigenvalue weighted by Gasteiger charge is -2.27. The van der Waals surface area contributed by atoms with Crippen molar-refractivity contribution in [3.63, 3.8) is 0 Å². The Morgan fingerprint density at radius 1 is 1.39 bits per heavy atom. The van der Waals surface area contributed by atoms with E-state index in [-0.39, 0.29) is 5.82 Å². The average molecular weight is 288 g/mol. The zero-order valence-corrected chi connectivity index (χ0v) is 12.2. The van der Waals surface area contributed by atoms with Crippen molar-refractivity contribution in [1.82, 2.24) is 5.32 Å². The van der Waals surface area contributed by atoms with Gasteiger partial charge in [-0.15, -0.1) is 0 Å². The monoisotopic (exact) mass is 287 g/mol. The number of hydrogen-bond acceptors (Lipinski definition) is 2. The molecule has 1 saturated carbocycles. The van der Waals surface area contributed by atoms with E-state index in [9.17, 15) is 4.39 Å². The van der Waals surface area contributed by atoms with E-state index in [1.54, 1.807) is 6.07 Å². The third-order valence-corrected chi connectivity index (χ3v) is 5.51. The van der Waals surface area contributed by atoms with Crippen LogP contribution in [0, 0.1) is 5.82 Å². The van der Waals surface area contributed by atoms with Crippen molar-refractivity contribution in [2.45, 2.75) is 37.0 Å². The maximum Gasteiger partial charge on any atom is 0.123 e. The molecule has 1 aliphatic rings. The number of benzene rings is 1. The Balaban J connectivity index is 1.89. The molecule has 0 heterocycles. The molecular weight excluding hydrogens is 269 g/mol. The second kappa shape index (κ2) is 6.27. The highest BCUT2D eigenvalue weighted by atomic mass is 35.5. The quantitative estimate of drug-likeness (QED) is 0.869. The van der Waals surface area contributed by atoms with Gasteiger partial charge in [0.25, 0.3) is 0 Å². The van der Waals surface area contributed by atoms with Crippen molar-refractivity contribution in [2.24, 2.45) is 0 Å². The molecule has 100 valence electrons. The second-order valence-electron chi connectivity index (χ2n) is 4.93. The maximum absolute atomic E-state index is 13.1. The van der Waals surface area contributed by atoms with Crippen LogP contribution >= 0.6 is 23.4 Å². The summed E-state index contributed by atoms with van der Waals surface area (Å²) in [6.07, 6.45) is 7.38.